The summed E-state index contributed by atoms with van der Waals surface area (Å²) in [4.78, 5) is 117. The number of primary amides is 1. The van der Waals surface area contributed by atoms with Gasteiger partial charge < -0.3 is 41.9 Å². The van der Waals surface area contributed by atoms with E-state index in [2.05, 4.69) is 26.7 Å². The zero-order chi connectivity index (χ0) is 43.9. The van der Waals surface area contributed by atoms with Crippen LogP contribution < -0.4 is 32.4 Å². The molecule has 9 amide bonds. The first kappa shape index (κ1) is 46.1. The SMILES string of the molecule is CC[C@H](NC(=O)CCCCCNC(=O)NCCNc1ccc2c3c(cccc13)C(=O)N(CCN(C)C)C2=O)C(=O)N1CCC[C@H]1C(=O)NN(CC(N)=O)C(=O)/C=C/C(=O)O. The lowest BCUT2D eigenvalue weighted by Gasteiger charge is -2.30. The maximum atomic E-state index is 13.4. The number of nitrogens with one attached hydrogen (secondary N) is 5. The number of unbranched alkanes of at least 4 members (excludes halogenated alkanes) is 2. The molecule has 0 aliphatic carbocycles. The summed E-state index contributed by atoms with van der Waals surface area (Å²) in [5.41, 5.74) is 9.11. The maximum Gasteiger partial charge on any atom is 0.328 e. The summed E-state index contributed by atoms with van der Waals surface area (Å²) in [5.74, 6) is -5.64. The van der Waals surface area contributed by atoms with Crippen LogP contribution in [0.2, 0.25) is 0 Å². The number of carboxylic acid groups (broad SMARTS) is 1. The van der Waals surface area contributed by atoms with Crippen LogP contribution in [0.15, 0.2) is 42.5 Å². The Bertz CT molecular complexity index is 1980. The van der Waals surface area contributed by atoms with Crippen LogP contribution in [0.1, 0.15) is 72.6 Å². The second-order valence-corrected chi connectivity index (χ2v) is 14.6. The van der Waals surface area contributed by atoms with E-state index in [4.69, 9.17) is 10.8 Å². The molecule has 0 aromatic heterocycles. The summed E-state index contributed by atoms with van der Waals surface area (Å²) in [7, 11) is 3.76. The van der Waals surface area contributed by atoms with E-state index >= 15 is 0 Å². The number of hydrogen-bond acceptors (Lipinski definition) is 11. The molecule has 0 bridgehead atoms. The third-order valence-corrected chi connectivity index (χ3v) is 9.93. The molecule has 2 aliphatic rings. The van der Waals surface area contributed by atoms with Gasteiger partial charge in [-0.2, -0.15) is 0 Å². The molecule has 2 heterocycles. The number of urea groups is 1. The second-order valence-electron chi connectivity index (χ2n) is 14.6. The Kier molecular flexibility index (Phi) is 16.9. The summed E-state index contributed by atoms with van der Waals surface area (Å²) < 4.78 is 0. The van der Waals surface area contributed by atoms with E-state index in [1.807, 2.05) is 25.1 Å². The Morgan fingerprint density at radius 3 is 2.33 bits per heavy atom. The lowest BCUT2D eigenvalue weighted by Crippen LogP contribution is -2.57. The first-order valence-corrected chi connectivity index (χ1v) is 19.9. The normalized spacial score (nSPS) is 15.2. The van der Waals surface area contributed by atoms with Crippen molar-refractivity contribution in [1.82, 2.24) is 41.1 Å². The van der Waals surface area contributed by atoms with Gasteiger partial charge in [-0.3, -0.25) is 43.9 Å². The molecule has 1 fully saturated rings. The second kappa shape index (κ2) is 22.0. The molecule has 4 rings (SSSR count). The van der Waals surface area contributed by atoms with E-state index in [0.29, 0.717) is 85.5 Å². The number of hydrogen-bond donors (Lipinski definition) is 7. The van der Waals surface area contributed by atoms with Gasteiger partial charge in [0.05, 0.1) is 0 Å². The fourth-order valence-electron chi connectivity index (χ4n) is 6.90. The van der Waals surface area contributed by atoms with Crippen molar-refractivity contribution in [2.75, 3.05) is 65.2 Å². The number of carbonyl (C=O) groups excluding carboxylic acids is 8. The third kappa shape index (κ3) is 12.5. The van der Waals surface area contributed by atoms with Crippen molar-refractivity contribution in [3.8, 4) is 0 Å². The minimum atomic E-state index is -1.42. The Balaban J connectivity index is 1.14. The number of amides is 9. The number of aliphatic carboxylic acids is 1. The van der Waals surface area contributed by atoms with E-state index in [9.17, 15) is 43.2 Å². The lowest BCUT2D eigenvalue weighted by atomic mass is 9.93. The number of carbonyl (C=O) groups is 9. The van der Waals surface area contributed by atoms with Crippen LogP contribution in [0.25, 0.3) is 10.8 Å². The predicted molar refractivity (Wildman–Crippen MR) is 219 cm³/mol. The van der Waals surface area contributed by atoms with Crippen molar-refractivity contribution >= 4 is 69.8 Å². The van der Waals surface area contributed by atoms with E-state index in [-0.39, 0.29) is 56.1 Å². The lowest BCUT2D eigenvalue weighted by molar-refractivity contribution is -0.146. The van der Waals surface area contributed by atoms with Crippen LogP contribution in [0, 0.1) is 0 Å². The highest BCUT2D eigenvalue weighted by Gasteiger charge is 2.38. The average molecular weight is 835 g/mol. The molecular weight excluding hydrogens is 780 g/mol. The van der Waals surface area contributed by atoms with Crippen LogP contribution in [-0.4, -0.2) is 150 Å². The molecule has 8 N–H and O–H groups in total. The van der Waals surface area contributed by atoms with Gasteiger partial charge in [-0.25, -0.2) is 14.6 Å². The number of likely N-dealkylation sites (tertiary alicyclic amines) is 1. The van der Waals surface area contributed by atoms with Crippen molar-refractivity contribution in [2.45, 2.75) is 64.0 Å². The van der Waals surface area contributed by atoms with Gasteiger partial charge in [-0.15, -0.1) is 0 Å². The molecule has 20 nitrogen and oxygen atoms in total. The Hall–Kier alpha value is -6.57. The Morgan fingerprint density at radius 2 is 1.65 bits per heavy atom. The van der Waals surface area contributed by atoms with Gasteiger partial charge in [0, 0.05) is 85.4 Å². The van der Waals surface area contributed by atoms with Gasteiger partial charge in [0.1, 0.15) is 18.6 Å². The highest BCUT2D eigenvalue weighted by atomic mass is 16.4. The topological polar surface area (TPSA) is 273 Å². The number of rotatable bonds is 21. The quantitative estimate of drug-likeness (QED) is 0.0383. The van der Waals surface area contributed by atoms with Crippen molar-refractivity contribution in [3.05, 3.63) is 53.6 Å². The van der Waals surface area contributed by atoms with Gasteiger partial charge in [-0.1, -0.05) is 25.5 Å². The zero-order valence-corrected chi connectivity index (χ0v) is 34.1. The monoisotopic (exact) mass is 834 g/mol. The van der Waals surface area contributed by atoms with Gasteiger partial charge in [0.15, 0.2) is 0 Å². The number of anilines is 1. The third-order valence-electron chi connectivity index (χ3n) is 9.93. The number of benzene rings is 2. The molecule has 0 radical (unpaired) electrons. The molecule has 0 spiro atoms. The standard InChI is InChI=1S/C40H54N10O10/c1-4-28(39(59)48-21-9-12-30(48)36(56)46-50(24-31(41)51)33(53)16-17-34(54)55)45-32(52)13-6-5-7-18-43-40(60)44-20-19-42-29-15-14-27-35-25(29)10-8-11-26(35)37(57)49(38(27)58)23-22-47(2)3/h8,10-11,14-17,28,30,42H,4-7,9,12-13,18-24H2,1-3H3,(H2,41,51)(H,45,52)(H,46,56)(H,54,55)(H2,43,44,60)/b17-16+/t28-,30-/m0/s1. The van der Waals surface area contributed by atoms with E-state index in [0.717, 1.165) is 11.1 Å². The molecule has 0 unspecified atom stereocenters. The summed E-state index contributed by atoms with van der Waals surface area (Å²) >= 11 is 0. The van der Waals surface area contributed by atoms with Crippen LogP contribution in [0.4, 0.5) is 10.5 Å². The number of imide groups is 1. The number of likely N-dealkylation sites (N-methyl/N-ethyl adjacent to an activating group) is 1. The first-order chi connectivity index (χ1) is 28.6. The van der Waals surface area contributed by atoms with Crippen LogP contribution >= 0.6 is 0 Å². The number of hydrazine groups is 1. The highest BCUT2D eigenvalue weighted by molar-refractivity contribution is 6.26. The van der Waals surface area contributed by atoms with Crippen molar-refractivity contribution in [1.29, 1.82) is 0 Å². The van der Waals surface area contributed by atoms with Crippen molar-refractivity contribution in [3.63, 3.8) is 0 Å². The van der Waals surface area contributed by atoms with Gasteiger partial charge >= 0.3 is 12.0 Å². The largest absolute Gasteiger partial charge is 0.478 e. The summed E-state index contributed by atoms with van der Waals surface area (Å²) in [6, 6.07) is 6.60. The molecular formula is C40H54N10O10. The van der Waals surface area contributed by atoms with Crippen LogP contribution in [-0.2, 0) is 28.8 Å². The van der Waals surface area contributed by atoms with Crippen LogP contribution in [0.5, 0.6) is 0 Å². The summed E-state index contributed by atoms with van der Waals surface area (Å²) in [5, 5.41) is 22.3. The highest BCUT2D eigenvalue weighted by Crippen LogP contribution is 2.34. The van der Waals surface area contributed by atoms with E-state index in [1.54, 1.807) is 31.2 Å². The van der Waals surface area contributed by atoms with E-state index in [1.165, 1.54) is 9.80 Å². The molecule has 2 aromatic rings. The summed E-state index contributed by atoms with van der Waals surface area (Å²) in [6.07, 6.45) is 4.02. The molecule has 2 atom stereocenters. The Morgan fingerprint density at radius 1 is 0.933 bits per heavy atom. The summed E-state index contributed by atoms with van der Waals surface area (Å²) in [6.45, 7) is 3.10. The minimum Gasteiger partial charge on any atom is -0.478 e. The minimum absolute atomic E-state index is 0.133. The van der Waals surface area contributed by atoms with E-state index < -0.39 is 48.2 Å². The molecule has 0 saturated carbocycles. The fourth-order valence-corrected chi connectivity index (χ4v) is 6.90. The Labute approximate surface area is 347 Å². The average Bonchev–Trinajstić information content (AvgIpc) is 3.71. The predicted octanol–water partition coefficient (Wildman–Crippen LogP) is 0.141. The van der Waals surface area contributed by atoms with Gasteiger partial charge in [0.25, 0.3) is 23.6 Å². The van der Waals surface area contributed by atoms with Crippen LogP contribution in [0.3, 0.4) is 0 Å². The number of nitrogens with two attached hydrogens (primary N) is 1. The smallest absolute Gasteiger partial charge is 0.328 e. The molecule has 1 saturated heterocycles. The van der Waals surface area contributed by atoms with Gasteiger partial charge in [0.2, 0.25) is 17.7 Å². The maximum absolute atomic E-state index is 13.4. The number of carboxylic acids is 1. The van der Waals surface area contributed by atoms with Crippen molar-refractivity contribution in [2.24, 2.45) is 5.73 Å². The van der Waals surface area contributed by atoms with Crippen molar-refractivity contribution < 1.29 is 48.3 Å². The molecule has 2 aromatic carbocycles. The zero-order valence-electron chi connectivity index (χ0n) is 34.1. The first-order valence-electron chi connectivity index (χ1n) is 19.9. The molecule has 60 heavy (non-hydrogen) atoms. The fraction of sp³-hybridized carbons (Fsp3) is 0.475. The number of nitrogens with zero attached hydrogens (tertiary/aromatic N) is 4. The molecule has 324 valence electrons. The molecule has 20 heteroatoms. The van der Waals surface area contributed by atoms with Gasteiger partial charge in [-0.05, 0) is 64.4 Å². The molecule has 2 aliphatic heterocycles.